The van der Waals surface area contributed by atoms with Gasteiger partial charge in [-0.3, -0.25) is 4.90 Å². The minimum absolute atomic E-state index is 0. The Kier molecular flexibility index (Phi) is 5.32. The molecule has 0 atom stereocenters. The molecule has 1 saturated carbocycles. The Morgan fingerprint density at radius 1 is 1.12 bits per heavy atom. The summed E-state index contributed by atoms with van der Waals surface area (Å²) in [7, 11) is 0. The quantitative estimate of drug-likeness (QED) is 0.440. The zero-order chi connectivity index (χ0) is 21.7. The zero-order valence-electron chi connectivity index (χ0n) is 17.8. The molecule has 1 saturated heterocycles. The number of nitrogens with one attached hydrogen (secondary N) is 1. The maximum absolute atomic E-state index is 14.2. The van der Waals surface area contributed by atoms with Gasteiger partial charge in [-0.05, 0) is 62.1 Å². The Hall–Kier alpha value is -3.39. The molecule has 4 aromatic rings. The van der Waals surface area contributed by atoms with E-state index in [2.05, 4.69) is 10.1 Å². The number of halogens is 2. The van der Waals surface area contributed by atoms with E-state index in [0.29, 0.717) is 6.54 Å². The summed E-state index contributed by atoms with van der Waals surface area (Å²) in [5.41, 5.74) is 2.59. The molecule has 1 N–H and O–H groups in total. The van der Waals surface area contributed by atoms with E-state index in [1.54, 1.807) is 24.4 Å². The lowest BCUT2D eigenvalue weighted by molar-refractivity contribution is 0.0208. The van der Waals surface area contributed by atoms with Crippen LogP contribution in [0.25, 0.3) is 16.7 Å². The smallest absolute Gasteiger partial charge is 0.415 e. The van der Waals surface area contributed by atoms with Gasteiger partial charge in [-0.1, -0.05) is 12.1 Å². The van der Waals surface area contributed by atoms with Crippen LogP contribution in [-0.2, 0) is 4.74 Å². The second kappa shape index (κ2) is 8.19. The van der Waals surface area contributed by atoms with Gasteiger partial charge in [-0.2, -0.15) is 5.10 Å². The molecule has 2 aliphatic rings. The predicted octanol–water partition coefficient (Wildman–Crippen LogP) is 5.36. The van der Waals surface area contributed by atoms with E-state index >= 15 is 0 Å². The fraction of sp³-hybridized carbons (Fsp3) is 0.292. The number of anilines is 1. The molecule has 1 spiro atoms. The summed E-state index contributed by atoms with van der Waals surface area (Å²) in [6.07, 6.45) is 6.34. The lowest BCUT2D eigenvalue weighted by Gasteiger charge is -2.34. The van der Waals surface area contributed by atoms with Crippen molar-refractivity contribution in [1.29, 1.82) is 0 Å². The highest BCUT2D eigenvalue weighted by Gasteiger charge is 2.48. The van der Waals surface area contributed by atoms with Gasteiger partial charge in [0, 0.05) is 18.3 Å². The molecule has 2 aromatic heterocycles. The number of imidazole rings is 1. The van der Waals surface area contributed by atoms with Crippen molar-refractivity contribution >= 4 is 35.2 Å². The molecule has 1 aliphatic carbocycles. The monoisotopic (exact) mass is 467 g/mol. The van der Waals surface area contributed by atoms with Crippen LogP contribution in [0.2, 0.25) is 0 Å². The normalized spacial score (nSPS) is 22.5. The number of carbonyl (C=O) groups is 1. The number of benzene rings is 2. The first-order valence-corrected chi connectivity index (χ1v) is 10.8. The molecule has 33 heavy (non-hydrogen) atoms. The molecule has 1 aliphatic heterocycles. The lowest BCUT2D eigenvalue weighted by Crippen LogP contribution is -2.38. The van der Waals surface area contributed by atoms with Crippen LogP contribution in [0, 0.1) is 5.82 Å². The summed E-state index contributed by atoms with van der Waals surface area (Å²) >= 11 is 0. The number of hydrogen-bond acceptors (Lipinski definition) is 4. The Morgan fingerprint density at radius 3 is 2.70 bits per heavy atom. The van der Waals surface area contributed by atoms with Gasteiger partial charge in [0.15, 0.2) is 0 Å². The molecule has 2 fully saturated rings. The van der Waals surface area contributed by atoms with Gasteiger partial charge in [0.25, 0.3) is 0 Å². The number of aromatic amines is 1. The van der Waals surface area contributed by atoms with Gasteiger partial charge in [0.1, 0.15) is 17.2 Å². The third kappa shape index (κ3) is 3.74. The van der Waals surface area contributed by atoms with Crippen LogP contribution in [0.3, 0.4) is 0 Å². The van der Waals surface area contributed by atoms with Gasteiger partial charge in [0.05, 0.1) is 29.0 Å². The van der Waals surface area contributed by atoms with Crippen molar-refractivity contribution in [3.05, 3.63) is 72.6 Å². The first kappa shape index (κ1) is 21.5. The number of hydrogen-bond donors (Lipinski definition) is 1. The first-order chi connectivity index (χ1) is 15.6. The molecule has 7 nitrogen and oxygen atoms in total. The highest BCUT2D eigenvalue weighted by molar-refractivity contribution is 5.90. The number of para-hydroxylation sites is 1. The minimum Gasteiger partial charge on any atom is -0.441 e. The number of fused-ring (bicyclic) bond motifs is 1. The predicted molar refractivity (Wildman–Crippen MR) is 125 cm³/mol. The zero-order valence-corrected chi connectivity index (χ0v) is 18.6. The van der Waals surface area contributed by atoms with Crippen molar-refractivity contribution in [2.24, 2.45) is 0 Å². The number of nitrogens with zero attached hydrogens (tertiary/aromatic N) is 4. The SMILES string of the molecule is Cl.O=C1OC2(CCC(c3nc4cc(-n5cccn5)ccc4[nH]3)CC2)CN1c1ccccc1F. The van der Waals surface area contributed by atoms with E-state index in [4.69, 9.17) is 9.72 Å². The number of rotatable bonds is 3. The van der Waals surface area contributed by atoms with E-state index in [9.17, 15) is 9.18 Å². The van der Waals surface area contributed by atoms with Crippen molar-refractivity contribution in [3.63, 3.8) is 0 Å². The summed E-state index contributed by atoms with van der Waals surface area (Å²) in [5.74, 6) is 0.817. The van der Waals surface area contributed by atoms with Crippen LogP contribution in [0.1, 0.15) is 37.4 Å². The van der Waals surface area contributed by atoms with Crippen molar-refractivity contribution in [3.8, 4) is 5.69 Å². The average molecular weight is 468 g/mol. The van der Waals surface area contributed by atoms with E-state index < -0.39 is 17.5 Å². The molecule has 170 valence electrons. The Bertz CT molecular complexity index is 1300. The van der Waals surface area contributed by atoms with Crippen LogP contribution >= 0.6 is 12.4 Å². The third-order valence-corrected chi connectivity index (χ3v) is 6.65. The van der Waals surface area contributed by atoms with Crippen molar-refractivity contribution in [2.75, 3.05) is 11.4 Å². The van der Waals surface area contributed by atoms with Gasteiger partial charge >= 0.3 is 6.09 Å². The van der Waals surface area contributed by atoms with Crippen LogP contribution in [0.5, 0.6) is 0 Å². The fourth-order valence-electron chi connectivity index (χ4n) is 4.93. The number of amides is 1. The van der Waals surface area contributed by atoms with E-state index in [-0.39, 0.29) is 24.0 Å². The highest BCUT2D eigenvalue weighted by atomic mass is 35.5. The van der Waals surface area contributed by atoms with Crippen LogP contribution in [0.4, 0.5) is 14.9 Å². The topological polar surface area (TPSA) is 76.0 Å². The number of H-pyrrole nitrogens is 1. The molecular weight excluding hydrogens is 445 g/mol. The van der Waals surface area contributed by atoms with Crippen LogP contribution in [0.15, 0.2) is 60.9 Å². The van der Waals surface area contributed by atoms with Gasteiger partial charge < -0.3 is 9.72 Å². The van der Waals surface area contributed by atoms with Crippen LogP contribution in [-0.4, -0.2) is 38.0 Å². The Balaban J connectivity index is 0.00000228. The molecule has 3 heterocycles. The van der Waals surface area contributed by atoms with E-state index in [0.717, 1.165) is 48.2 Å². The largest absolute Gasteiger partial charge is 0.441 e. The van der Waals surface area contributed by atoms with Crippen molar-refractivity contribution in [1.82, 2.24) is 19.7 Å². The fourth-order valence-corrected chi connectivity index (χ4v) is 4.93. The number of ether oxygens (including phenoxy) is 1. The third-order valence-electron chi connectivity index (χ3n) is 6.65. The molecule has 1 amide bonds. The number of carbonyl (C=O) groups excluding carboxylic acids is 1. The number of aromatic nitrogens is 4. The summed E-state index contributed by atoms with van der Waals surface area (Å²) in [4.78, 5) is 22.2. The van der Waals surface area contributed by atoms with Gasteiger partial charge in [0.2, 0.25) is 0 Å². The maximum Gasteiger partial charge on any atom is 0.415 e. The van der Waals surface area contributed by atoms with E-state index in [1.807, 2.05) is 35.1 Å². The molecular formula is C24H23ClFN5O2. The molecule has 0 bridgehead atoms. The summed E-state index contributed by atoms with van der Waals surface area (Å²) in [6, 6.07) is 14.3. The van der Waals surface area contributed by atoms with Gasteiger partial charge in [-0.25, -0.2) is 18.9 Å². The van der Waals surface area contributed by atoms with Crippen molar-refractivity contribution in [2.45, 2.75) is 37.2 Å². The summed E-state index contributed by atoms with van der Waals surface area (Å²) < 4.78 is 21.8. The minimum atomic E-state index is -0.560. The summed E-state index contributed by atoms with van der Waals surface area (Å²) in [5, 5.41) is 4.28. The van der Waals surface area contributed by atoms with E-state index in [1.165, 1.54) is 11.0 Å². The molecule has 9 heteroatoms. The molecule has 0 radical (unpaired) electrons. The molecule has 6 rings (SSSR count). The first-order valence-electron chi connectivity index (χ1n) is 10.8. The van der Waals surface area contributed by atoms with Crippen molar-refractivity contribution < 1.29 is 13.9 Å². The molecule has 2 aromatic carbocycles. The second-order valence-electron chi connectivity index (χ2n) is 8.64. The average Bonchev–Trinajstić information content (AvgIpc) is 3.53. The maximum atomic E-state index is 14.2. The summed E-state index contributed by atoms with van der Waals surface area (Å²) in [6.45, 7) is 0.382. The molecule has 0 unspecified atom stereocenters. The standard InChI is InChI=1S/C24H22FN5O2.ClH/c25-18-4-1-2-5-21(18)29-15-24(32-23(29)31)10-8-16(9-11-24)22-27-19-7-6-17(14-20(19)28-22)30-13-3-12-26-30;/h1-7,12-14,16H,8-11,15H2,(H,27,28);1H. The Morgan fingerprint density at radius 2 is 1.94 bits per heavy atom. The lowest BCUT2D eigenvalue weighted by atomic mass is 9.78. The highest BCUT2D eigenvalue weighted by Crippen LogP contribution is 2.44. The van der Waals surface area contributed by atoms with Gasteiger partial charge in [-0.15, -0.1) is 12.4 Å². The second-order valence-corrected chi connectivity index (χ2v) is 8.64. The van der Waals surface area contributed by atoms with Crippen LogP contribution < -0.4 is 4.90 Å². The Labute approximate surface area is 196 Å².